The molecule has 186 valence electrons. The van der Waals surface area contributed by atoms with Gasteiger partial charge < -0.3 is 10.2 Å². The molecule has 3 aromatic carbocycles. The van der Waals surface area contributed by atoms with Crippen molar-refractivity contribution >= 4 is 22.6 Å². The Morgan fingerprint density at radius 1 is 1.06 bits per heavy atom. The van der Waals surface area contributed by atoms with E-state index in [4.69, 9.17) is 0 Å². The van der Waals surface area contributed by atoms with Gasteiger partial charge in [0, 0.05) is 12.2 Å². The standard InChI is InChI=1S/C26H22F4N4O2/c1-3-33(25(36)31-18-10-8-9-17(15-18)26(28,29)30)16(2)23-32-21-13-6-4-11-19(21)24(35)34(23)22-14-7-5-12-20(22)27/h4-16H,3H2,1-2H3,(H,31,36). The Morgan fingerprint density at radius 2 is 1.75 bits per heavy atom. The molecule has 0 fully saturated rings. The molecule has 1 unspecified atom stereocenters. The molecule has 0 saturated carbocycles. The Bertz CT molecular complexity index is 1480. The van der Waals surface area contributed by atoms with E-state index in [-0.39, 0.29) is 29.1 Å². The summed E-state index contributed by atoms with van der Waals surface area (Å²) in [7, 11) is 0. The molecule has 2 amide bonds. The summed E-state index contributed by atoms with van der Waals surface area (Å²) in [5, 5.41) is 2.75. The minimum absolute atomic E-state index is 0.0306. The predicted octanol–water partition coefficient (Wildman–Crippen LogP) is 6.16. The molecule has 0 radical (unpaired) electrons. The summed E-state index contributed by atoms with van der Waals surface area (Å²) in [6.07, 6.45) is -4.57. The van der Waals surface area contributed by atoms with Crippen LogP contribution < -0.4 is 10.9 Å². The van der Waals surface area contributed by atoms with Crippen LogP contribution in [0.3, 0.4) is 0 Å². The SMILES string of the molecule is CCN(C(=O)Nc1cccc(C(F)(F)F)c1)C(C)c1nc2ccccc2c(=O)n1-c1ccccc1F. The lowest BCUT2D eigenvalue weighted by Crippen LogP contribution is -2.39. The number of fused-ring (bicyclic) bond motifs is 1. The molecule has 0 spiro atoms. The van der Waals surface area contributed by atoms with Crippen LogP contribution in [0.2, 0.25) is 0 Å². The molecular formula is C26H22F4N4O2. The summed E-state index contributed by atoms with van der Waals surface area (Å²) in [6.45, 7) is 3.42. The smallest absolute Gasteiger partial charge is 0.315 e. The Balaban J connectivity index is 1.78. The van der Waals surface area contributed by atoms with Gasteiger partial charge in [-0.25, -0.2) is 14.2 Å². The molecular weight excluding hydrogens is 476 g/mol. The Labute approximate surface area is 203 Å². The molecule has 1 atom stereocenters. The molecule has 1 N–H and O–H groups in total. The topological polar surface area (TPSA) is 67.2 Å². The number of aromatic nitrogens is 2. The quantitative estimate of drug-likeness (QED) is 0.335. The number of carbonyl (C=O) groups excluding carboxylic acids is 1. The van der Waals surface area contributed by atoms with Crippen LogP contribution >= 0.6 is 0 Å². The summed E-state index contributed by atoms with van der Waals surface area (Å²) < 4.78 is 55.2. The average molecular weight is 498 g/mol. The van der Waals surface area contributed by atoms with Crippen molar-refractivity contribution in [1.29, 1.82) is 0 Å². The van der Waals surface area contributed by atoms with E-state index in [9.17, 15) is 27.2 Å². The molecule has 36 heavy (non-hydrogen) atoms. The van der Waals surface area contributed by atoms with E-state index in [1.165, 1.54) is 35.2 Å². The number of hydrogen-bond donors (Lipinski definition) is 1. The van der Waals surface area contributed by atoms with Gasteiger partial charge in [-0.3, -0.25) is 9.36 Å². The number of rotatable bonds is 5. The van der Waals surface area contributed by atoms with E-state index in [0.29, 0.717) is 5.52 Å². The van der Waals surface area contributed by atoms with Gasteiger partial charge in [-0.05, 0) is 56.3 Å². The first kappa shape index (κ1) is 24.9. The molecule has 1 aromatic heterocycles. The molecule has 0 aliphatic carbocycles. The van der Waals surface area contributed by atoms with Crippen LogP contribution in [-0.2, 0) is 6.18 Å². The third-order valence-electron chi connectivity index (χ3n) is 5.78. The maximum atomic E-state index is 14.8. The van der Waals surface area contributed by atoms with E-state index < -0.39 is 35.2 Å². The summed E-state index contributed by atoms with van der Waals surface area (Å²) in [5.74, 6) is -0.550. The maximum Gasteiger partial charge on any atom is 0.416 e. The Hall–Kier alpha value is -4.21. The normalized spacial score (nSPS) is 12.4. The highest BCUT2D eigenvalue weighted by Crippen LogP contribution is 2.31. The first-order valence-electron chi connectivity index (χ1n) is 11.1. The van der Waals surface area contributed by atoms with Gasteiger partial charge in [-0.15, -0.1) is 0 Å². The molecule has 0 saturated heterocycles. The largest absolute Gasteiger partial charge is 0.416 e. The summed E-state index contributed by atoms with van der Waals surface area (Å²) in [6, 6.07) is 15.0. The second-order valence-corrected chi connectivity index (χ2v) is 8.05. The van der Waals surface area contributed by atoms with Crippen molar-refractivity contribution in [3.05, 3.63) is 100 Å². The highest BCUT2D eigenvalue weighted by molar-refractivity contribution is 5.89. The minimum atomic E-state index is -4.57. The number of carbonyl (C=O) groups is 1. The Morgan fingerprint density at radius 3 is 2.44 bits per heavy atom. The third kappa shape index (κ3) is 4.79. The second kappa shape index (κ2) is 9.80. The lowest BCUT2D eigenvalue weighted by atomic mass is 10.1. The van der Waals surface area contributed by atoms with E-state index in [2.05, 4.69) is 10.3 Å². The molecule has 4 aromatic rings. The van der Waals surface area contributed by atoms with Crippen molar-refractivity contribution in [3.8, 4) is 5.69 Å². The highest BCUT2D eigenvalue weighted by Gasteiger charge is 2.31. The zero-order chi connectivity index (χ0) is 26.0. The van der Waals surface area contributed by atoms with Gasteiger partial charge in [0.2, 0.25) is 0 Å². The number of nitrogens with one attached hydrogen (secondary N) is 1. The van der Waals surface area contributed by atoms with Crippen LogP contribution in [0.15, 0.2) is 77.6 Å². The van der Waals surface area contributed by atoms with E-state index >= 15 is 0 Å². The van der Waals surface area contributed by atoms with E-state index in [1.807, 2.05) is 0 Å². The van der Waals surface area contributed by atoms with Crippen molar-refractivity contribution in [3.63, 3.8) is 0 Å². The summed E-state index contributed by atoms with van der Waals surface area (Å²) >= 11 is 0. The first-order chi connectivity index (χ1) is 17.1. The van der Waals surface area contributed by atoms with Crippen LogP contribution in [0.4, 0.5) is 28.0 Å². The van der Waals surface area contributed by atoms with Gasteiger partial charge in [0.05, 0.1) is 28.2 Å². The molecule has 0 aliphatic rings. The van der Waals surface area contributed by atoms with Crippen molar-refractivity contribution in [2.45, 2.75) is 26.1 Å². The first-order valence-corrected chi connectivity index (χ1v) is 11.1. The van der Waals surface area contributed by atoms with Crippen LogP contribution in [0.5, 0.6) is 0 Å². The molecule has 0 aliphatic heterocycles. The molecule has 4 rings (SSSR count). The number of para-hydroxylation sites is 2. The van der Waals surface area contributed by atoms with Gasteiger partial charge in [0.25, 0.3) is 5.56 Å². The number of nitrogens with zero attached hydrogens (tertiary/aromatic N) is 3. The van der Waals surface area contributed by atoms with Gasteiger partial charge in [0.15, 0.2) is 0 Å². The molecule has 10 heteroatoms. The minimum Gasteiger partial charge on any atom is -0.315 e. The molecule has 1 heterocycles. The number of alkyl halides is 3. The lowest BCUT2D eigenvalue weighted by molar-refractivity contribution is -0.137. The summed E-state index contributed by atoms with van der Waals surface area (Å²) in [4.78, 5) is 32.5. The van der Waals surface area contributed by atoms with Crippen LogP contribution in [0.1, 0.15) is 31.3 Å². The van der Waals surface area contributed by atoms with Gasteiger partial charge in [-0.2, -0.15) is 13.2 Å². The Kier molecular flexibility index (Phi) is 6.78. The van der Waals surface area contributed by atoms with E-state index in [0.717, 1.165) is 16.7 Å². The fraction of sp³-hybridized carbons (Fsp3) is 0.192. The van der Waals surface area contributed by atoms with Crippen molar-refractivity contribution in [1.82, 2.24) is 14.5 Å². The fourth-order valence-electron chi connectivity index (χ4n) is 4.00. The highest BCUT2D eigenvalue weighted by atomic mass is 19.4. The number of urea groups is 1. The second-order valence-electron chi connectivity index (χ2n) is 8.05. The fourth-order valence-corrected chi connectivity index (χ4v) is 4.00. The zero-order valence-corrected chi connectivity index (χ0v) is 19.4. The third-order valence-corrected chi connectivity index (χ3v) is 5.78. The van der Waals surface area contributed by atoms with Gasteiger partial charge in [-0.1, -0.05) is 30.3 Å². The monoisotopic (exact) mass is 498 g/mol. The van der Waals surface area contributed by atoms with Crippen LogP contribution in [0, 0.1) is 5.82 Å². The number of anilines is 1. The van der Waals surface area contributed by atoms with Crippen molar-refractivity contribution in [2.24, 2.45) is 0 Å². The number of benzene rings is 3. The number of halogens is 4. The van der Waals surface area contributed by atoms with Gasteiger partial charge in [0.1, 0.15) is 11.6 Å². The molecule has 6 nitrogen and oxygen atoms in total. The number of hydrogen-bond acceptors (Lipinski definition) is 3. The van der Waals surface area contributed by atoms with E-state index in [1.54, 1.807) is 44.2 Å². The molecule has 0 bridgehead atoms. The average Bonchev–Trinajstić information content (AvgIpc) is 2.84. The predicted molar refractivity (Wildman–Crippen MR) is 129 cm³/mol. The lowest BCUT2D eigenvalue weighted by Gasteiger charge is -2.29. The summed E-state index contributed by atoms with van der Waals surface area (Å²) in [5.41, 5.74) is -1.12. The van der Waals surface area contributed by atoms with Gasteiger partial charge >= 0.3 is 12.2 Å². The van der Waals surface area contributed by atoms with Crippen molar-refractivity contribution in [2.75, 3.05) is 11.9 Å². The number of amides is 2. The van der Waals surface area contributed by atoms with Crippen LogP contribution in [-0.4, -0.2) is 27.0 Å². The zero-order valence-electron chi connectivity index (χ0n) is 19.4. The van der Waals surface area contributed by atoms with Crippen molar-refractivity contribution < 1.29 is 22.4 Å². The van der Waals surface area contributed by atoms with Crippen LogP contribution in [0.25, 0.3) is 16.6 Å². The maximum absolute atomic E-state index is 14.8.